The molecule has 1 fully saturated rings. The first-order valence-corrected chi connectivity index (χ1v) is 8.15. The molecule has 1 aliphatic heterocycles. The van der Waals surface area contributed by atoms with Crippen LogP contribution in [0.5, 0.6) is 0 Å². The molecule has 23 heavy (non-hydrogen) atoms. The van der Waals surface area contributed by atoms with Gasteiger partial charge < -0.3 is 10.2 Å². The molecule has 1 saturated heterocycles. The minimum absolute atomic E-state index is 0.155. The van der Waals surface area contributed by atoms with Crippen molar-refractivity contribution >= 4 is 11.6 Å². The number of carbonyl (C=O) groups excluding carboxylic acids is 1. The van der Waals surface area contributed by atoms with Gasteiger partial charge in [-0.3, -0.25) is 9.69 Å². The molecule has 1 heterocycles. The molecule has 0 radical (unpaired) electrons. The summed E-state index contributed by atoms with van der Waals surface area (Å²) in [6.45, 7) is 4.85. The zero-order valence-corrected chi connectivity index (χ0v) is 13.3. The van der Waals surface area contributed by atoms with Gasteiger partial charge in [0.05, 0.1) is 13.1 Å². The van der Waals surface area contributed by atoms with Gasteiger partial charge in [-0.05, 0) is 17.7 Å². The topological polar surface area (TPSA) is 35.6 Å². The molecule has 0 aliphatic carbocycles. The Morgan fingerprint density at radius 1 is 0.957 bits per heavy atom. The number of amides is 1. The zero-order chi connectivity index (χ0) is 15.9. The Bertz CT molecular complexity index is 609. The second-order valence-electron chi connectivity index (χ2n) is 5.83. The van der Waals surface area contributed by atoms with Crippen LogP contribution in [0.2, 0.25) is 0 Å². The highest BCUT2D eigenvalue weighted by Crippen LogP contribution is 2.17. The van der Waals surface area contributed by atoms with Crippen LogP contribution in [0.15, 0.2) is 60.7 Å². The molecule has 0 spiro atoms. The minimum atomic E-state index is 0.155. The molecule has 0 unspecified atom stereocenters. The van der Waals surface area contributed by atoms with E-state index in [0.29, 0.717) is 13.1 Å². The summed E-state index contributed by atoms with van der Waals surface area (Å²) >= 11 is 0. The molecule has 0 saturated carbocycles. The number of rotatable bonds is 5. The quantitative estimate of drug-likeness (QED) is 0.919. The van der Waals surface area contributed by atoms with Gasteiger partial charge in [-0.15, -0.1) is 0 Å². The van der Waals surface area contributed by atoms with Gasteiger partial charge in [-0.2, -0.15) is 0 Å². The van der Waals surface area contributed by atoms with E-state index in [1.165, 1.54) is 0 Å². The van der Waals surface area contributed by atoms with Crippen LogP contribution in [0.1, 0.15) is 5.56 Å². The standard InChI is InChI=1S/C19H23N3O/c23-19(16-21-13-11-20-12-14-21)22(18-9-5-2-6-10-18)15-17-7-3-1-4-8-17/h1-10,20H,11-16H2. The van der Waals surface area contributed by atoms with Crippen LogP contribution in [0.25, 0.3) is 0 Å². The fourth-order valence-corrected chi connectivity index (χ4v) is 2.84. The SMILES string of the molecule is O=C(CN1CCNCC1)N(Cc1ccccc1)c1ccccc1. The number of para-hydroxylation sites is 1. The summed E-state index contributed by atoms with van der Waals surface area (Å²) in [5, 5.41) is 3.32. The van der Waals surface area contributed by atoms with Crippen molar-refractivity contribution in [3.8, 4) is 0 Å². The molecule has 3 rings (SSSR count). The van der Waals surface area contributed by atoms with E-state index in [4.69, 9.17) is 0 Å². The van der Waals surface area contributed by atoms with E-state index in [-0.39, 0.29) is 5.91 Å². The largest absolute Gasteiger partial charge is 0.314 e. The lowest BCUT2D eigenvalue weighted by Crippen LogP contribution is -2.48. The summed E-state index contributed by atoms with van der Waals surface area (Å²) in [5.74, 6) is 0.155. The first-order valence-electron chi connectivity index (χ1n) is 8.15. The maximum Gasteiger partial charge on any atom is 0.241 e. The number of benzene rings is 2. The third-order valence-corrected chi connectivity index (χ3v) is 4.12. The first kappa shape index (κ1) is 15.7. The predicted octanol–water partition coefficient (Wildman–Crippen LogP) is 2.12. The Kier molecular flexibility index (Phi) is 5.40. The number of nitrogens with zero attached hydrogens (tertiary/aromatic N) is 2. The third-order valence-electron chi connectivity index (χ3n) is 4.12. The summed E-state index contributed by atoms with van der Waals surface area (Å²) in [4.78, 5) is 17.0. The lowest BCUT2D eigenvalue weighted by Gasteiger charge is -2.30. The fraction of sp³-hybridized carbons (Fsp3) is 0.316. The van der Waals surface area contributed by atoms with Crippen molar-refractivity contribution in [2.45, 2.75) is 6.54 Å². The van der Waals surface area contributed by atoms with Crippen LogP contribution in [0, 0.1) is 0 Å². The maximum atomic E-state index is 12.9. The van der Waals surface area contributed by atoms with Crippen LogP contribution >= 0.6 is 0 Å². The fourth-order valence-electron chi connectivity index (χ4n) is 2.84. The van der Waals surface area contributed by atoms with Crippen LogP contribution in [-0.4, -0.2) is 43.5 Å². The minimum Gasteiger partial charge on any atom is -0.314 e. The lowest BCUT2D eigenvalue weighted by molar-refractivity contribution is -0.120. The lowest BCUT2D eigenvalue weighted by atomic mass is 10.2. The monoisotopic (exact) mass is 309 g/mol. The Labute approximate surface area is 137 Å². The molecular formula is C19H23N3O. The van der Waals surface area contributed by atoms with Crippen LogP contribution in [0.3, 0.4) is 0 Å². The summed E-state index contributed by atoms with van der Waals surface area (Å²) in [6, 6.07) is 20.1. The molecule has 1 N–H and O–H groups in total. The number of carbonyl (C=O) groups is 1. The summed E-state index contributed by atoms with van der Waals surface area (Å²) < 4.78 is 0. The van der Waals surface area contributed by atoms with E-state index in [2.05, 4.69) is 22.3 Å². The van der Waals surface area contributed by atoms with E-state index in [0.717, 1.165) is 37.4 Å². The third kappa shape index (κ3) is 4.41. The van der Waals surface area contributed by atoms with Crippen molar-refractivity contribution in [1.82, 2.24) is 10.2 Å². The predicted molar refractivity (Wildman–Crippen MR) is 93.4 cm³/mol. The average Bonchev–Trinajstić information content (AvgIpc) is 2.62. The Morgan fingerprint density at radius 3 is 2.22 bits per heavy atom. The van der Waals surface area contributed by atoms with Crippen molar-refractivity contribution in [1.29, 1.82) is 0 Å². The summed E-state index contributed by atoms with van der Waals surface area (Å²) in [5.41, 5.74) is 2.10. The molecule has 1 aliphatic rings. The van der Waals surface area contributed by atoms with Gasteiger partial charge in [-0.25, -0.2) is 0 Å². The van der Waals surface area contributed by atoms with Crippen LogP contribution < -0.4 is 10.2 Å². The maximum absolute atomic E-state index is 12.9. The molecule has 0 bridgehead atoms. The molecule has 2 aromatic carbocycles. The van der Waals surface area contributed by atoms with E-state index in [1.54, 1.807) is 0 Å². The summed E-state index contributed by atoms with van der Waals surface area (Å²) in [6.07, 6.45) is 0. The average molecular weight is 309 g/mol. The van der Waals surface area contributed by atoms with Crippen LogP contribution in [0.4, 0.5) is 5.69 Å². The molecule has 1 amide bonds. The molecule has 4 nitrogen and oxygen atoms in total. The molecule has 120 valence electrons. The van der Waals surface area contributed by atoms with Gasteiger partial charge in [0.15, 0.2) is 0 Å². The number of hydrogen-bond donors (Lipinski definition) is 1. The molecule has 0 atom stereocenters. The first-order chi connectivity index (χ1) is 11.3. The highest BCUT2D eigenvalue weighted by atomic mass is 16.2. The zero-order valence-electron chi connectivity index (χ0n) is 13.3. The van der Waals surface area contributed by atoms with Gasteiger partial charge in [0.2, 0.25) is 5.91 Å². The Balaban J connectivity index is 1.75. The van der Waals surface area contributed by atoms with E-state index in [1.807, 2.05) is 53.4 Å². The van der Waals surface area contributed by atoms with E-state index in [9.17, 15) is 4.79 Å². The van der Waals surface area contributed by atoms with Gasteiger partial charge in [0.1, 0.15) is 0 Å². The molecule has 4 heteroatoms. The summed E-state index contributed by atoms with van der Waals surface area (Å²) in [7, 11) is 0. The van der Waals surface area contributed by atoms with Gasteiger partial charge in [0, 0.05) is 31.9 Å². The van der Waals surface area contributed by atoms with E-state index < -0.39 is 0 Å². The van der Waals surface area contributed by atoms with Crippen molar-refractivity contribution in [2.24, 2.45) is 0 Å². The number of hydrogen-bond acceptors (Lipinski definition) is 3. The van der Waals surface area contributed by atoms with Crippen molar-refractivity contribution in [3.05, 3.63) is 66.2 Å². The van der Waals surface area contributed by atoms with Gasteiger partial charge in [0.25, 0.3) is 0 Å². The highest BCUT2D eigenvalue weighted by molar-refractivity contribution is 5.94. The smallest absolute Gasteiger partial charge is 0.241 e. The molecule has 2 aromatic rings. The Hall–Kier alpha value is -2.17. The molecular weight excluding hydrogens is 286 g/mol. The van der Waals surface area contributed by atoms with Crippen LogP contribution in [-0.2, 0) is 11.3 Å². The van der Waals surface area contributed by atoms with Crippen molar-refractivity contribution in [2.75, 3.05) is 37.6 Å². The Morgan fingerprint density at radius 2 is 1.57 bits per heavy atom. The normalized spacial score (nSPS) is 15.3. The molecule has 0 aromatic heterocycles. The van der Waals surface area contributed by atoms with Crippen molar-refractivity contribution in [3.63, 3.8) is 0 Å². The highest BCUT2D eigenvalue weighted by Gasteiger charge is 2.20. The number of anilines is 1. The second kappa shape index (κ2) is 7.90. The number of nitrogens with one attached hydrogen (secondary N) is 1. The van der Waals surface area contributed by atoms with Crippen molar-refractivity contribution < 1.29 is 4.79 Å². The van der Waals surface area contributed by atoms with E-state index >= 15 is 0 Å². The number of piperazine rings is 1. The van der Waals surface area contributed by atoms with Gasteiger partial charge >= 0.3 is 0 Å². The van der Waals surface area contributed by atoms with Gasteiger partial charge in [-0.1, -0.05) is 48.5 Å². The second-order valence-corrected chi connectivity index (χ2v) is 5.83.